The smallest absolute Gasteiger partial charge is 0.253 e. The number of hydrogen-bond donors (Lipinski definition) is 2. The first kappa shape index (κ1) is 24.5. The summed E-state index contributed by atoms with van der Waals surface area (Å²) < 4.78 is 0. The van der Waals surface area contributed by atoms with Crippen LogP contribution in [0.1, 0.15) is 56.0 Å². The van der Waals surface area contributed by atoms with Crippen molar-refractivity contribution in [2.75, 3.05) is 25.0 Å². The summed E-state index contributed by atoms with van der Waals surface area (Å²) in [4.78, 5) is 39.5. The molecule has 1 saturated heterocycles. The number of rotatable bonds is 7. The lowest BCUT2D eigenvalue weighted by Crippen LogP contribution is -2.43. The molecule has 1 aliphatic rings. The van der Waals surface area contributed by atoms with Crippen LogP contribution in [0.15, 0.2) is 54.6 Å². The highest BCUT2D eigenvalue weighted by Crippen LogP contribution is 2.22. The van der Waals surface area contributed by atoms with Gasteiger partial charge in [0.2, 0.25) is 11.8 Å². The fraction of sp³-hybridized carbons (Fsp3) is 0.444. The Morgan fingerprint density at radius 3 is 2.33 bits per heavy atom. The summed E-state index contributed by atoms with van der Waals surface area (Å²) in [6.45, 7) is 7.32. The molecule has 6 nitrogen and oxygen atoms in total. The van der Waals surface area contributed by atoms with Crippen molar-refractivity contribution in [2.24, 2.45) is 11.3 Å². The third kappa shape index (κ3) is 7.17. The Morgan fingerprint density at radius 1 is 0.970 bits per heavy atom. The molecule has 0 unspecified atom stereocenters. The van der Waals surface area contributed by atoms with Gasteiger partial charge in [0.25, 0.3) is 5.91 Å². The zero-order valence-electron chi connectivity index (χ0n) is 19.9. The molecule has 6 heteroatoms. The van der Waals surface area contributed by atoms with Crippen molar-refractivity contribution in [2.45, 2.75) is 46.5 Å². The van der Waals surface area contributed by atoms with Crippen LogP contribution in [-0.4, -0.2) is 42.3 Å². The van der Waals surface area contributed by atoms with Gasteiger partial charge in [-0.15, -0.1) is 0 Å². The Labute approximate surface area is 196 Å². The highest BCUT2D eigenvalue weighted by molar-refractivity contribution is 5.98. The van der Waals surface area contributed by atoms with Gasteiger partial charge in [0.05, 0.1) is 0 Å². The minimum Gasteiger partial charge on any atom is -0.356 e. The lowest BCUT2D eigenvalue weighted by Gasteiger charge is -2.31. The number of piperidine rings is 1. The second-order valence-electron chi connectivity index (χ2n) is 9.73. The van der Waals surface area contributed by atoms with E-state index in [-0.39, 0.29) is 23.6 Å². The monoisotopic (exact) mass is 449 g/mol. The minimum absolute atomic E-state index is 0.0526. The third-order valence-corrected chi connectivity index (χ3v) is 5.99. The van der Waals surface area contributed by atoms with Gasteiger partial charge in [-0.05, 0) is 49.4 Å². The summed E-state index contributed by atoms with van der Waals surface area (Å²) in [5, 5.41) is 5.93. The molecule has 0 radical (unpaired) electrons. The molecular weight excluding hydrogens is 414 g/mol. The summed E-state index contributed by atoms with van der Waals surface area (Å²) in [5.41, 5.74) is 1.93. The molecular formula is C27H35N3O3. The van der Waals surface area contributed by atoms with Crippen molar-refractivity contribution in [3.63, 3.8) is 0 Å². The second-order valence-corrected chi connectivity index (χ2v) is 9.73. The first-order valence-corrected chi connectivity index (χ1v) is 11.8. The zero-order valence-corrected chi connectivity index (χ0v) is 19.9. The van der Waals surface area contributed by atoms with Gasteiger partial charge in [-0.2, -0.15) is 0 Å². The summed E-state index contributed by atoms with van der Waals surface area (Å²) >= 11 is 0. The van der Waals surface area contributed by atoms with E-state index in [9.17, 15) is 14.4 Å². The number of likely N-dealkylation sites (tertiary alicyclic amines) is 1. The van der Waals surface area contributed by atoms with E-state index >= 15 is 0 Å². The van der Waals surface area contributed by atoms with Gasteiger partial charge in [-0.1, -0.05) is 57.2 Å². The molecule has 1 fully saturated rings. The SMILES string of the molecule is CC(C)(C)C(=O)Nc1cccc(C(=O)N2CCC(C(=O)NCCCc3ccccc3)CC2)c1. The van der Waals surface area contributed by atoms with Crippen LogP contribution in [0.4, 0.5) is 5.69 Å². The number of nitrogens with zero attached hydrogens (tertiary/aromatic N) is 1. The lowest BCUT2D eigenvalue weighted by atomic mass is 9.95. The number of aryl methyl sites for hydroxylation is 1. The number of amides is 3. The minimum atomic E-state index is -0.510. The molecule has 0 saturated carbocycles. The summed E-state index contributed by atoms with van der Waals surface area (Å²) in [5.74, 6) is -0.128. The molecule has 176 valence electrons. The van der Waals surface area contributed by atoms with Crippen LogP contribution >= 0.6 is 0 Å². The molecule has 0 aromatic heterocycles. The van der Waals surface area contributed by atoms with Crippen LogP contribution in [0.3, 0.4) is 0 Å². The predicted octanol–water partition coefficient (Wildman–Crippen LogP) is 4.27. The molecule has 0 aliphatic carbocycles. The first-order valence-electron chi connectivity index (χ1n) is 11.8. The van der Waals surface area contributed by atoms with E-state index < -0.39 is 5.41 Å². The van der Waals surface area contributed by atoms with Gasteiger partial charge in [-0.3, -0.25) is 14.4 Å². The summed E-state index contributed by atoms with van der Waals surface area (Å²) in [6, 6.07) is 17.3. The maximum Gasteiger partial charge on any atom is 0.253 e. The van der Waals surface area contributed by atoms with Gasteiger partial charge >= 0.3 is 0 Å². The van der Waals surface area contributed by atoms with E-state index in [2.05, 4.69) is 22.8 Å². The molecule has 2 N–H and O–H groups in total. The second kappa shape index (κ2) is 11.1. The number of nitrogens with one attached hydrogen (secondary N) is 2. The van der Waals surface area contributed by atoms with Gasteiger partial charge < -0.3 is 15.5 Å². The van der Waals surface area contributed by atoms with Crippen LogP contribution in [0, 0.1) is 11.3 Å². The van der Waals surface area contributed by atoms with Gasteiger partial charge in [0.1, 0.15) is 0 Å². The highest BCUT2D eigenvalue weighted by Gasteiger charge is 2.28. The number of carbonyl (C=O) groups is 3. The molecule has 1 aliphatic heterocycles. The van der Waals surface area contributed by atoms with Crippen molar-refractivity contribution in [1.29, 1.82) is 0 Å². The summed E-state index contributed by atoms with van der Waals surface area (Å²) in [7, 11) is 0. The van der Waals surface area contributed by atoms with E-state index in [4.69, 9.17) is 0 Å². The van der Waals surface area contributed by atoms with Crippen LogP contribution in [0.5, 0.6) is 0 Å². The van der Waals surface area contributed by atoms with Crippen molar-refractivity contribution < 1.29 is 14.4 Å². The zero-order chi connectivity index (χ0) is 23.8. The highest BCUT2D eigenvalue weighted by atomic mass is 16.2. The predicted molar refractivity (Wildman–Crippen MR) is 131 cm³/mol. The van der Waals surface area contributed by atoms with E-state index in [1.54, 1.807) is 29.2 Å². The average Bonchev–Trinajstić information content (AvgIpc) is 2.81. The van der Waals surface area contributed by atoms with E-state index in [1.807, 2.05) is 39.0 Å². The van der Waals surface area contributed by atoms with E-state index in [0.29, 0.717) is 43.7 Å². The van der Waals surface area contributed by atoms with Crippen molar-refractivity contribution in [1.82, 2.24) is 10.2 Å². The molecule has 3 amide bonds. The van der Waals surface area contributed by atoms with Gasteiger partial charge in [0.15, 0.2) is 0 Å². The fourth-order valence-electron chi connectivity index (χ4n) is 3.87. The Kier molecular flexibility index (Phi) is 8.26. The standard InChI is InChI=1S/C27H35N3O3/c1-27(2,3)26(33)29-23-13-7-12-22(19-23)25(32)30-17-14-21(15-18-30)24(31)28-16-8-11-20-9-5-4-6-10-20/h4-7,9-10,12-13,19,21H,8,11,14-18H2,1-3H3,(H,28,31)(H,29,33). The quantitative estimate of drug-likeness (QED) is 0.620. The molecule has 0 spiro atoms. The van der Waals surface area contributed by atoms with Crippen LogP contribution in [0.25, 0.3) is 0 Å². The van der Waals surface area contributed by atoms with Gasteiger partial charge in [-0.25, -0.2) is 0 Å². The Morgan fingerprint density at radius 2 is 1.67 bits per heavy atom. The number of benzene rings is 2. The van der Waals surface area contributed by atoms with Crippen LogP contribution in [-0.2, 0) is 16.0 Å². The van der Waals surface area contributed by atoms with Crippen LogP contribution < -0.4 is 10.6 Å². The maximum atomic E-state index is 13.0. The number of carbonyl (C=O) groups excluding carboxylic acids is 3. The molecule has 1 heterocycles. The largest absolute Gasteiger partial charge is 0.356 e. The number of anilines is 1. The molecule has 3 rings (SSSR count). The van der Waals surface area contributed by atoms with E-state index in [1.165, 1.54) is 5.56 Å². The molecule has 33 heavy (non-hydrogen) atoms. The summed E-state index contributed by atoms with van der Waals surface area (Å²) in [6.07, 6.45) is 3.19. The first-order chi connectivity index (χ1) is 15.7. The topological polar surface area (TPSA) is 78.5 Å². The third-order valence-electron chi connectivity index (χ3n) is 5.99. The molecule has 2 aromatic rings. The Hall–Kier alpha value is -3.15. The number of hydrogen-bond acceptors (Lipinski definition) is 3. The Balaban J connectivity index is 1.44. The average molecular weight is 450 g/mol. The van der Waals surface area contributed by atoms with Crippen LogP contribution in [0.2, 0.25) is 0 Å². The van der Waals surface area contributed by atoms with Gasteiger partial charge in [0, 0.05) is 42.2 Å². The van der Waals surface area contributed by atoms with Crippen molar-refractivity contribution in [3.05, 3.63) is 65.7 Å². The van der Waals surface area contributed by atoms with Crippen molar-refractivity contribution >= 4 is 23.4 Å². The normalized spacial score (nSPS) is 14.6. The molecule has 0 bridgehead atoms. The molecule has 2 aromatic carbocycles. The van der Waals surface area contributed by atoms with E-state index in [0.717, 1.165) is 12.8 Å². The fourth-order valence-corrected chi connectivity index (χ4v) is 3.87. The maximum absolute atomic E-state index is 13.0. The Bertz CT molecular complexity index is 958. The van der Waals surface area contributed by atoms with Crippen molar-refractivity contribution in [3.8, 4) is 0 Å². The molecule has 0 atom stereocenters. The lowest BCUT2D eigenvalue weighted by molar-refractivity contribution is -0.126.